The van der Waals surface area contributed by atoms with Gasteiger partial charge in [-0.05, 0) is 18.4 Å². The molecule has 14 heavy (non-hydrogen) atoms. The monoisotopic (exact) mass is 190 g/mol. The first-order valence-electron chi connectivity index (χ1n) is 4.84. The Kier molecular flexibility index (Phi) is 3.00. The largest absolute Gasteiger partial charge is 0.465 e. The summed E-state index contributed by atoms with van der Waals surface area (Å²) in [6.07, 6.45) is 1.47. The average molecular weight is 190 g/mol. The molecule has 0 N–H and O–H groups in total. The zero-order chi connectivity index (χ0) is 10.8. The lowest BCUT2D eigenvalue weighted by molar-refractivity contribution is 0.455. The van der Waals surface area contributed by atoms with Crippen molar-refractivity contribution in [3.8, 4) is 5.75 Å². The van der Waals surface area contributed by atoms with Crippen LogP contribution in [-0.4, -0.2) is 0 Å². The van der Waals surface area contributed by atoms with E-state index in [0.29, 0.717) is 0 Å². The van der Waals surface area contributed by atoms with E-state index >= 15 is 0 Å². The molecule has 0 saturated heterocycles. The van der Waals surface area contributed by atoms with Gasteiger partial charge in [-0.1, -0.05) is 45.0 Å². The van der Waals surface area contributed by atoms with Crippen molar-refractivity contribution in [2.75, 3.05) is 0 Å². The lowest BCUT2D eigenvalue weighted by Gasteiger charge is -2.22. The number of benzene rings is 1. The minimum absolute atomic E-state index is 0.102. The van der Waals surface area contributed by atoms with Gasteiger partial charge in [0.05, 0.1) is 6.26 Å². The molecule has 0 heterocycles. The molecule has 0 aliphatic rings. The molecule has 0 aromatic heterocycles. The minimum Gasteiger partial charge on any atom is -0.465 e. The standard InChI is InChI=1S/C13H18O/c1-6-14-12-8-7-10(2)9-11(12)13(3,4)5/h6-9H,1H2,2-5H3. The van der Waals surface area contributed by atoms with Gasteiger partial charge in [-0.25, -0.2) is 0 Å². The Morgan fingerprint density at radius 1 is 1.29 bits per heavy atom. The number of aryl methyl sites for hydroxylation is 1. The smallest absolute Gasteiger partial charge is 0.130 e. The van der Waals surface area contributed by atoms with E-state index in [2.05, 4.69) is 40.3 Å². The molecule has 1 heteroatoms. The van der Waals surface area contributed by atoms with Gasteiger partial charge in [0.25, 0.3) is 0 Å². The van der Waals surface area contributed by atoms with Crippen LogP contribution in [-0.2, 0) is 5.41 Å². The summed E-state index contributed by atoms with van der Waals surface area (Å²) in [5.74, 6) is 0.901. The normalized spacial score (nSPS) is 11.1. The van der Waals surface area contributed by atoms with E-state index in [-0.39, 0.29) is 5.41 Å². The first kappa shape index (κ1) is 10.8. The molecule has 0 aliphatic carbocycles. The summed E-state index contributed by atoms with van der Waals surface area (Å²) >= 11 is 0. The third-order valence-corrected chi connectivity index (χ3v) is 2.15. The van der Waals surface area contributed by atoms with Gasteiger partial charge in [0.1, 0.15) is 5.75 Å². The molecule has 0 spiro atoms. The topological polar surface area (TPSA) is 9.23 Å². The molecule has 1 nitrogen and oxygen atoms in total. The van der Waals surface area contributed by atoms with Crippen molar-refractivity contribution in [1.29, 1.82) is 0 Å². The highest BCUT2D eigenvalue weighted by Gasteiger charge is 2.18. The number of hydrogen-bond acceptors (Lipinski definition) is 1. The third kappa shape index (κ3) is 2.38. The van der Waals surface area contributed by atoms with Crippen LogP contribution in [0.4, 0.5) is 0 Å². The zero-order valence-electron chi connectivity index (χ0n) is 9.42. The van der Waals surface area contributed by atoms with E-state index in [1.165, 1.54) is 17.4 Å². The summed E-state index contributed by atoms with van der Waals surface area (Å²) < 4.78 is 5.38. The summed E-state index contributed by atoms with van der Waals surface area (Å²) in [6.45, 7) is 12.2. The number of hydrogen-bond donors (Lipinski definition) is 0. The predicted molar refractivity (Wildman–Crippen MR) is 60.7 cm³/mol. The van der Waals surface area contributed by atoms with Crippen LogP contribution in [0, 0.1) is 6.92 Å². The second-order valence-electron chi connectivity index (χ2n) is 4.53. The zero-order valence-corrected chi connectivity index (χ0v) is 9.42. The van der Waals surface area contributed by atoms with Crippen molar-refractivity contribution in [3.63, 3.8) is 0 Å². The van der Waals surface area contributed by atoms with Crippen LogP contribution >= 0.6 is 0 Å². The lowest BCUT2D eigenvalue weighted by Crippen LogP contribution is -2.12. The lowest BCUT2D eigenvalue weighted by atomic mass is 9.85. The highest BCUT2D eigenvalue weighted by molar-refractivity contribution is 5.41. The maximum absolute atomic E-state index is 5.38. The highest BCUT2D eigenvalue weighted by atomic mass is 16.5. The summed E-state index contributed by atoms with van der Waals surface area (Å²) in [7, 11) is 0. The Balaban J connectivity index is 3.22. The van der Waals surface area contributed by atoms with Crippen LogP contribution in [0.5, 0.6) is 5.75 Å². The maximum Gasteiger partial charge on any atom is 0.130 e. The minimum atomic E-state index is 0.102. The average Bonchev–Trinajstić information content (AvgIpc) is 2.07. The van der Waals surface area contributed by atoms with Gasteiger partial charge in [-0.15, -0.1) is 0 Å². The first-order valence-corrected chi connectivity index (χ1v) is 4.84. The Morgan fingerprint density at radius 3 is 2.43 bits per heavy atom. The summed E-state index contributed by atoms with van der Waals surface area (Å²) in [6, 6.07) is 6.21. The van der Waals surface area contributed by atoms with Gasteiger partial charge >= 0.3 is 0 Å². The summed E-state index contributed by atoms with van der Waals surface area (Å²) in [5, 5.41) is 0. The van der Waals surface area contributed by atoms with Gasteiger partial charge in [-0.2, -0.15) is 0 Å². The molecule has 76 valence electrons. The fourth-order valence-corrected chi connectivity index (χ4v) is 1.42. The first-order chi connectivity index (χ1) is 6.45. The van der Waals surface area contributed by atoms with Crippen molar-refractivity contribution in [1.82, 2.24) is 0 Å². The van der Waals surface area contributed by atoms with E-state index in [9.17, 15) is 0 Å². The van der Waals surface area contributed by atoms with E-state index in [4.69, 9.17) is 4.74 Å². The molecule has 0 bridgehead atoms. The van der Waals surface area contributed by atoms with Crippen molar-refractivity contribution in [3.05, 3.63) is 42.2 Å². The summed E-state index contributed by atoms with van der Waals surface area (Å²) in [5.41, 5.74) is 2.58. The fourth-order valence-electron chi connectivity index (χ4n) is 1.42. The number of rotatable bonds is 2. The van der Waals surface area contributed by atoms with Gasteiger partial charge in [0, 0.05) is 5.56 Å². The van der Waals surface area contributed by atoms with E-state index < -0.39 is 0 Å². The molecule has 1 aromatic carbocycles. The maximum atomic E-state index is 5.38. The van der Waals surface area contributed by atoms with Crippen LogP contribution in [0.15, 0.2) is 31.0 Å². The van der Waals surface area contributed by atoms with Crippen LogP contribution in [0.1, 0.15) is 31.9 Å². The molecule has 0 aliphatic heterocycles. The Labute approximate surface area is 86.4 Å². The second-order valence-corrected chi connectivity index (χ2v) is 4.53. The molecular formula is C13H18O. The van der Waals surface area contributed by atoms with Crippen LogP contribution < -0.4 is 4.74 Å². The Morgan fingerprint density at radius 2 is 1.93 bits per heavy atom. The Bertz CT molecular complexity index is 332. The number of ether oxygens (including phenoxy) is 1. The van der Waals surface area contributed by atoms with Crippen molar-refractivity contribution in [2.45, 2.75) is 33.1 Å². The molecule has 1 rings (SSSR count). The van der Waals surface area contributed by atoms with Gasteiger partial charge in [-0.3, -0.25) is 0 Å². The van der Waals surface area contributed by atoms with E-state index in [1.54, 1.807) is 0 Å². The predicted octanol–water partition coefficient (Wildman–Crippen LogP) is 3.81. The quantitative estimate of drug-likeness (QED) is 0.644. The molecule has 0 radical (unpaired) electrons. The molecule has 0 amide bonds. The van der Waals surface area contributed by atoms with Crippen LogP contribution in [0.3, 0.4) is 0 Å². The van der Waals surface area contributed by atoms with Crippen LogP contribution in [0.2, 0.25) is 0 Å². The second kappa shape index (κ2) is 3.87. The molecule has 0 fully saturated rings. The molecule has 0 atom stereocenters. The third-order valence-electron chi connectivity index (χ3n) is 2.15. The highest BCUT2D eigenvalue weighted by Crippen LogP contribution is 2.32. The molecule has 0 unspecified atom stereocenters. The van der Waals surface area contributed by atoms with Gasteiger partial charge in [0.2, 0.25) is 0 Å². The van der Waals surface area contributed by atoms with Crippen molar-refractivity contribution >= 4 is 0 Å². The van der Waals surface area contributed by atoms with Gasteiger partial charge in [0.15, 0.2) is 0 Å². The Hall–Kier alpha value is -1.24. The van der Waals surface area contributed by atoms with E-state index in [0.717, 1.165) is 5.75 Å². The van der Waals surface area contributed by atoms with Crippen LogP contribution in [0.25, 0.3) is 0 Å². The SMILES string of the molecule is C=COc1ccc(C)cc1C(C)(C)C. The van der Waals surface area contributed by atoms with E-state index in [1.807, 2.05) is 12.1 Å². The van der Waals surface area contributed by atoms with Crippen molar-refractivity contribution in [2.24, 2.45) is 0 Å². The van der Waals surface area contributed by atoms with Crippen molar-refractivity contribution < 1.29 is 4.74 Å². The summed E-state index contributed by atoms with van der Waals surface area (Å²) in [4.78, 5) is 0. The molecule has 1 aromatic rings. The molecule has 0 saturated carbocycles. The molecular weight excluding hydrogens is 172 g/mol. The fraction of sp³-hybridized carbons (Fsp3) is 0.385. The van der Waals surface area contributed by atoms with Gasteiger partial charge < -0.3 is 4.74 Å².